The topological polar surface area (TPSA) is 90.0 Å². The number of halogens is 1. The summed E-state index contributed by atoms with van der Waals surface area (Å²) in [7, 11) is -4.10. The van der Waals surface area contributed by atoms with Gasteiger partial charge in [0.25, 0.3) is 10.0 Å². The highest BCUT2D eigenvalue weighted by atomic mass is 32.2. The van der Waals surface area contributed by atoms with Gasteiger partial charge < -0.3 is 14.9 Å². The lowest BCUT2D eigenvalue weighted by Gasteiger charge is -2.38. The fourth-order valence-electron chi connectivity index (χ4n) is 4.39. The molecule has 4 rings (SSSR count). The van der Waals surface area contributed by atoms with Crippen LogP contribution < -0.4 is 14.5 Å². The number of anilines is 3. The molecule has 1 aliphatic heterocycles. The average molecular weight is 498 g/mol. The van der Waals surface area contributed by atoms with E-state index < -0.39 is 21.8 Å². The Morgan fingerprint density at radius 3 is 2.20 bits per heavy atom. The number of nitrogens with zero attached hydrogens (tertiary/aromatic N) is 2. The molecule has 184 valence electrons. The third kappa shape index (κ3) is 5.09. The van der Waals surface area contributed by atoms with E-state index in [2.05, 4.69) is 35.6 Å². The van der Waals surface area contributed by atoms with E-state index in [4.69, 9.17) is 0 Å². The van der Waals surface area contributed by atoms with Gasteiger partial charge in [-0.1, -0.05) is 18.2 Å². The predicted molar refractivity (Wildman–Crippen MR) is 136 cm³/mol. The molecule has 1 saturated heterocycles. The molecule has 3 aromatic rings. The lowest BCUT2D eigenvalue weighted by molar-refractivity contribution is 0.0697. The number of hydrogen-bond acceptors (Lipinski definition) is 5. The minimum absolute atomic E-state index is 0.00125. The highest BCUT2D eigenvalue weighted by Crippen LogP contribution is 2.30. The monoisotopic (exact) mass is 497 g/mol. The van der Waals surface area contributed by atoms with Crippen LogP contribution in [0.3, 0.4) is 0 Å². The van der Waals surface area contributed by atoms with E-state index in [9.17, 15) is 22.7 Å². The Labute approximate surface area is 204 Å². The van der Waals surface area contributed by atoms with Crippen molar-refractivity contribution in [2.75, 3.05) is 40.7 Å². The minimum atomic E-state index is -4.10. The van der Waals surface area contributed by atoms with Crippen molar-refractivity contribution < 1.29 is 22.7 Å². The van der Waals surface area contributed by atoms with Gasteiger partial charge in [-0.25, -0.2) is 17.6 Å². The number of hydrogen-bond donors (Lipinski definition) is 2. The van der Waals surface area contributed by atoms with Crippen molar-refractivity contribution in [2.45, 2.75) is 25.7 Å². The van der Waals surface area contributed by atoms with Gasteiger partial charge in [-0.05, 0) is 73.9 Å². The van der Waals surface area contributed by atoms with Crippen LogP contribution in [0.25, 0.3) is 0 Å². The van der Waals surface area contributed by atoms with Crippen molar-refractivity contribution in [3.8, 4) is 0 Å². The van der Waals surface area contributed by atoms with Crippen molar-refractivity contribution in [1.82, 2.24) is 0 Å². The summed E-state index contributed by atoms with van der Waals surface area (Å²) in [6, 6.07) is 14.2. The van der Waals surface area contributed by atoms with Crippen LogP contribution in [0.1, 0.15) is 27.0 Å². The largest absolute Gasteiger partial charge is 0.478 e. The lowest BCUT2D eigenvalue weighted by atomic mass is 10.1. The number of carboxylic acids is 1. The van der Waals surface area contributed by atoms with Crippen LogP contribution in [0.2, 0.25) is 0 Å². The number of aryl methyl sites for hydroxylation is 2. The van der Waals surface area contributed by atoms with Crippen LogP contribution in [-0.4, -0.2) is 45.7 Å². The fourth-order valence-corrected chi connectivity index (χ4v) is 5.69. The summed E-state index contributed by atoms with van der Waals surface area (Å²) in [6.07, 6.45) is 0. The minimum Gasteiger partial charge on any atom is -0.478 e. The molecule has 1 aliphatic rings. The first-order valence-corrected chi connectivity index (χ1v) is 12.8. The standard InChI is InChI=1S/C26H28FN3O4S/c1-17-5-4-6-23(19(17)3)29-11-13-30(14-12-29)24-10-9-21(16-22(24)26(31)32)28-35(33,34)25-15-20(27)8-7-18(25)2/h4-10,15-16,28H,11-14H2,1-3H3,(H,31,32). The molecule has 2 N–H and O–H groups in total. The summed E-state index contributed by atoms with van der Waals surface area (Å²) in [6.45, 7) is 8.47. The quantitative estimate of drug-likeness (QED) is 0.518. The van der Waals surface area contributed by atoms with Crippen molar-refractivity contribution in [3.05, 3.63) is 82.7 Å². The van der Waals surface area contributed by atoms with Crippen LogP contribution >= 0.6 is 0 Å². The predicted octanol–water partition coefficient (Wildman–Crippen LogP) is 4.58. The molecule has 0 bridgehead atoms. The van der Waals surface area contributed by atoms with Gasteiger partial charge in [0.05, 0.1) is 16.1 Å². The van der Waals surface area contributed by atoms with Crippen LogP contribution in [-0.2, 0) is 10.0 Å². The van der Waals surface area contributed by atoms with Gasteiger partial charge in [-0.15, -0.1) is 0 Å². The first-order chi connectivity index (χ1) is 16.6. The smallest absolute Gasteiger partial charge is 0.337 e. The molecular formula is C26H28FN3O4S. The van der Waals surface area contributed by atoms with Crippen molar-refractivity contribution in [1.29, 1.82) is 0 Å². The zero-order chi connectivity index (χ0) is 25.3. The van der Waals surface area contributed by atoms with E-state index in [0.29, 0.717) is 24.3 Å². The first-order valence-electron chi connectivity index (χ1n) is 11.3. The second-order valence-electron chi connectivity index (χ2n) is 8.75. The number of nitrogens with one attached hydrogen (secondary N) is 1. The lowest BCUT2D eigenvalue weighted by Crippen LogP contribution is -2.47. The maximum Gasteiger partial charge on any atom is 0.337 e. The van der Waals surface area contributed by atoms with Crippen molar-refractivity contribution >= 4 is 33.1 Å². The number of aromatic carboxylic acids is 1. The van der Waals surface area contributed by atoms with Crippen LogP contribution in [0.4, 0.5) is 21.5 Å². The van der Waals surface area contributed by atoms with Gasteiger partial charge in [0.1, 0.15) is 5.82 Å². The second-order valence-corrected chi connectivity index (χ2v) is 10.4. The Hall–Kier alpha value is -3.59. The zero-order valence-corrected chi connectivity index (χ0v) is 20.7. The van der Waals surface area contributed by atoms with Crippen LogP contribution in [0.15, 0.2) is 59.5 Å². The molecule has 35 heavy (non-hydrogen) atoms. The van der Waals surface area contributed by atoms with Gasteiger partial charge >= 0.3 is 5.97 Å². The Morgan fingerprint density at radius 2 is 1.54 bits per heavy atom. The van der Waals surface area contributed by atoms with E-state index in [1.54, 1.807) is 13.0 Å². The molecule has 7 nitrogen and oxygen atoms in total. The molecule has 1 heterocycles. The van der Waals surface area contributed by atoms with Crippen molar-refractivity contribution in [2.24, 2.45) is 0 Å². The van der Waals surface area contributed by atoms with E-state index in [-0.39, 0.29) is 16.1 Å². The second kappa shape index (κ2) is 9.58. The summed E-state index contributed by atoms with van der Waals surface area (Å²) >= 11 is 0. The van der Waals surface area contributed by atoms with E-state index in [1.165, 1.54) is 41.1 Å². The maximum atomic E-state index is 13.6. The number of piperazine rings is 1. The third-order valence-corrected chi connectivity index (χ3v) is 7.98. The number of carboxylic acid groups (broad SMARTS) is 1. The molecular weight excluding hydrogens is 469 g/mol. The zero-order valence-electron chi connectivity index (χ0n) is 19.9. The molecule has 9 heteroatoms. The van der Waals surface area contributed by atoms with E-state index in [0.717, 1.165) is 19.2 Å². The Kier molecular flexibility index (Phi) is 6.71. The van der Waals surface area contributed by atoms with Crippen LogP contribution in [0, 0.1) is 26.6 Å². The molecule has 0 atom stereocenters. The van der Waals surface area contributed by atoms with Crippen LogP contribution in [0.5, 0.6) is 0 Å². The molecule has 0 spiro atoms. The number of carbonyl (C=O) groups is 1. The van der Waals surface area contributed by atoms with Gasteiger partial charge in [-0.2, -0.15) is 0 Å². The molecule has 3 aromatic carbocycles. The SMILES string of the molecule is Cc1ccc(F)cc1S(=O)(=O)Nc1ccc(N2CCN(c3cccc(C)c3C)CC2)c(C(=O)O)c1. The Balaban J connectivity index is 1.55. The molecule has 1 fully saturated rings. The van der Waals surface area contributed by atoms with E-state index >= 15 is 0 Å². The molecule has 0 saturated carbocycles. The average Bonchev–Trinajstić information content (AvgIpc) is 2.82. The van der Waals surface area contributed by atoms with E-state index in [1.807, 2.05) is 11.0 Å². The highest BCUT2D eigenvalue weighted by molar-refractivity contribution is 7.92. The Bertz CT molecular complexity index is 1380. The van der Waals surface area contributed by atoms with Gasteiger partial charge in [0, 0.05) is 37.6 Å². The molecule has 0 aliphatic carbocycles. The van der Waals surface area contributed by atoms with Crippen molar-refractivity contribution in [3.63, 3.8) is 0 Å². The summed E-state index contributed by atoms with van der Waals surface area (Å²) < 4.78 is 41.7. The Morgan fingerprint density at radius 1 is 0.886 bits per heavy atom. The third-order valence-electron chi connectivity index (χ3n) is 6.46. The first kappa shape index (κ1) is 24.5. The summed E-state index contributed by atoms with van der Waals surface area (Å²) in [5.74, 6) is -1.82. The number of sulfonamides is 1. The number of rotatable bonds is 6. The van der Waals surface area contributed by atoms with Gasteiger partial charge in [-0.3, -0.25) is 4.72 Å². The summed E-state index contributed by atoms with van der Waals surface area (Å²) in [4.78, 5) is 16.2. The molecule has 0 radical (unpaired) electrons. The molecule has 0 aromatic heterocycles. The molecule has 0 unspecified atom stereocenters. The normalized spacial score (nSPS) is 14.2. The maximum absolute atomic E-state index is 13.6. The van der Waals surface area contributed by atoms with Gasteiger partial charge in [0.15, 0.2) is 0 Å². The summed E-state index contributed by atoms with van der Waals surface area (Å²) in [5, 5.41) is 9.85. The summed E-state index contributed by atoms with van der Waals surface area (Å²) in [5.41, 5.74) is 4.66. The number of benzene rings is 3. The molecule has 0 amide bonds. The highest BCUT2D eigenvalue weighted by Gasteiger charge is 2.24. The fraction of sp³-hybridized carbons (Fsp3) is 0.269. The van der Waals surface area contributed by atoms with Gasteiger partial charge in [0.2, 0.25) is 0 Å².